The second-order valence-corrected chi connectivity index (χ2v) is 2.75. The fourth-order valence-electron chi connectivity index (χ4n) is 1.46. The van der Waals surface area contributed by atoms with Crippen molar-refractivity contribution in [3.05, 3.63) is 0 Å². The van der Waals surface area contributed by atoms with Gasteiger partial charge in [0.15, 0.2) is 0 Å². The second kappa shape index (κ2) is 5.16. The van der Waals surface area contributed by atoms with E-state index in [1.807, 2.05) is 0 Å². The number of hydrogen-bond donors (Lipinski definition) is 1. The summed E-state index contributed by atoms with van der Waals surface area (Å²) >= 11 is 0. The van der Waals surface area contributed by atoms with Crippen molar-refractivity contribution in [1.82, 2.24) is 0 Å². The van der Waals surface area contributed by atoms with Crippen LogP contribution in [-0.4, -0.2) is 11.1 Å². The van der Waals surface area contributed by atoms with Gasteiger partial charge in [0.25, 0.3) is 0 Å². The zero-order valence-corrected chi connectivity index (χ0v) is 8.47. The third-order valence-corrected chi connectivity index (χ3v) is 1.94. The molecule has 1 aliphatic rings. The first kappa shape index (κ1) is 10.5. The fourth-order valence-corrected chi connectivity index (χ4v) is 1.46. The number of carbonyl (C=O) groups is 1. The van der Waals surface area contributed by atoms with Gasteiger partial charge in [-0.3, -0.25) is 4.79 Å². The Balaban J connectivity index is 0. The molecule has 0 aromatic heterocycles. The Morgan fingerprint density at radius 3 is 2.40 bits per heavy atom. The molecule has 3 heteroatoms. The third-order valence-electron chi connectivity index (χ3n) is 1.94. The standard InChI is InChI=1S/C7H12O2.Na.H/c8-7(9)5-6-3-1-2-4-6;;/h6H,1-5H2,(H,8,9);;/q;+1;-1. The van der Waals surface area contributed by atoms with Crippen LogP contribution in [-0.2, 0) is 4.79 Å². The number of rotatable bonds is 2. The molecule has 2 nitrogen and oxygen atoms in total. The quantitative estimate of drug-likeness (QED) is 0.503. The van der Waals surface area contributed by atoms with Gasteiger partial charge in [-0.1, -0.05) is 12.8 Å². The van der Waals surface area contributed by atoms with Crippen LogP contribution >= 0.6 is 0 Å². The fraction of sp³-hybridized carbons (Fsp3) is 0.857. The van der Waals surface area contributed by atoms with Crippen LogP contribution in [0.2, 0.25) is 0 Å². The molecule has 0 bridgehead atoms. The number of aliphatic carboxylic acids is 1. The molecule has 0 atom stereocenters. The first-order valence-corrected chi connectivity index (χ1v) is 3.51. The van der Waals surface area contributed by atoms with Crippen molar-refractivity contribution in [2.75, 3.05) is 0 Å². The molecular weight excluding hydrogens is 139 g/mol. The summed E-state index contributed by atoms with van der Waals surface area (Å²) in [7, 11) is 0. The van der Waals surface area contributed by atoms with Gasteiger partial charge in [-0.05, 0) is 18.8 Å². The van der Waals surface area contributed by atoms with E-state index in [1.54, 1.807) is 0 Å². The van der Waals surface area contributed by atoms with E-state index in [4.69, 9.17) is 5.11 Å². The summed E-state index contributed by atoms with van der Waals surface area (Å²) in [5.41, 5.74) is 0. The van der Waals surface area contributed by atoms with E-state index < -0.39 is 5.97 Å². The predicted molar refractivity (Wildman–Crippen MR) is 35.3 cm³/mol. The summed E-state index contributed by atoms with van der Waals surface area (Å²) in [6.45, 7) is 0. The molecule has 1 N–H and O–H groups in total. The van der Waals surface area contributed by atoms with Gasteiger partial charge in [-0.2, -0.15) is 0 Å². The van der Waals surface area contributed by atoms with E-state index in [2.05, 4.69) is 0 Å². The summed E-state index contributed by atoms with van der Waals surface area (Å²) in [4.78, 5) is 10.2. The molecule has 0 radical (unpaired) electrons. The zero-order valence-electron chi connectivity index (χ0n) is 7.47. The Bertz CT molecular complexity index is 113. The Labute approximate surface area is 84.8 Å². The molecule has 0 amide bonds. The monoisotopic (exact) mass is 152 g/mol. The molecule has 1 saturated carbocycles. The minimum Gasteiger partial charge on any atom is -1.00 e. The van der Waals surface area contributed by atoms with Crippen molar-refractivity contribution in [2.45, 2.75) is 32.1 Å². The van der Waals surface area contributed by atoms with Crippen molar-refractivity contribution in [2.24, 2.45) is 5.92 Å². The molecule has 0 saturated heterocycles. The van der Waals surface area contributed by atoms with Gasteiger partial charge in [-0.25, -0.2) is 0 Å². The van der Waals surface area contributed by atoms with Crippen LogP contribution in [0, 0.1) is 5.92 Å². The SMILES string of the molecule is O=C(O)CC1CCCC1.[H-].[Na+]. The van der Waals surface area contributed by atoms with Gasteiger partial charge < -0.3 is 6.53 Å². The Morgan fingerprint density at radius 2 is 2.00 bits per heavy atom. The molecule has 0 spiro atoms. The van der Waals surface area contributed by atoms with Gasteiger partial charge in [-0.15, -0.1) is 0 Å². The van der Waals surface area contributed by atoms with E-state index in [0.717, 1.165) is 12.8 Å². The van der Waals surface area contributed by atoms with E-state index in [0.29, 0.717) is 12.3 Å². The Hall–Kier alpha value is 0.470. The van der Waals surface area contributed by atoms with Gasteiger partial charge in [0.1, 0.15) is 0 Å². The van der Waals surface area contributed by atoms with Crippen LogP contribution < -0.4 is 29.6 Å². The average Bonchev–Trinajstić information content (AvgIpc) is 2.15. The maximum absolute atomic E-state index is 10.2. The summed E-state index contributed by atoms with van der Waals surface area (Å²) in [6.07, 6.45) is 5.12. The molecule has 0 unspecified atom stereocenters. The van der Waals surface area contributed by atoms with Crippen LogP contribution in [0.15, 0.2) is 0 Å². The normalized spacial score (nSPS) is 18.4. The molecule has 54 valence electrons. The van der Waals surface area contributed by atoms with E-state index in [9.17, 15) is 4.79 Å². The minimum absolute atomic E-state index is 0. The maximum atomic E-state index is 10.2. The molecule has 0 aromatic carbocycles. The second-order valence-electron chi connectivity index (χ2n) is 2.75. The van der Waals surface area contributed by atoms with Crippen molar-refractivity contribution < 1.29 is 40.9 Å². The van der Waals surface area contributed by atoms with Gasteiger partial charge in [0.05, 0.1) is 0 Å². The Kier molecular flexibility index (Phi) is 5.41. The van der Waals surface area contributed by atoms with Crippen molar-refractivity contribution in [3.63, 3.8) is 0 Å². The number of carboxylic acids is 1. The maximum Gasteiger partial charge on any atom is 1.00 e. The molecule has 1 rings (SSSR count). The van der Waals surface area contributed by atoms with Crippen molar-refractivity contribution in [1.29, 1.82) is 0 Å². The minimum atomic E-state index is -0.637. The summed E-state index contributed by atoms with van der Waals surface area (Å²) < 4.78 is 0. The topological polar surface area (TPSA) is 37.3 Å². The molecular formula is C7H13NaO2. The zero-order chi connectivity index (χ0) is 6.69. The first-order valence-electron chi connectivity index (χ1n) is 3.51. The number of hydrogen-bond acceptors (Lipinski definition) is 1. The van der Waals surface area contributed by atoms with Gasteiger partial charge in [0, 0.05) is 6.42 Å². The van der Waals surface area contributed by atoms with Crippen LogP contribution in [0.5, 0.6) is 0 Å². The average molecular weight is 152 g/mol. The summed E-state index contributed by atoms with van der Waals surface area (Å²) in [6, 6.07) is 0. The van der Waals surface area contributed by atoms with Gasteiger partial charge >= 0.3 is 35.5 Å². The Morgan fingerprint density at radius 1 is 1.50 bits per heavy atom. The largest absolute Gasteiger partial charge is 1.00 e. The summed E-state index contributed by atoms with van der Waals surface area (Å²) in [5.74, 6) is -0.149. The molecule has 1 aliphatic carbocycles. The molecule has 1 fully saturated rings. The predicted octanol–water partition coefficient (Wildman–Crippen LogP) is -1.23. The third kappa shape index (κ3) is 3.59. The number of carboxylic acid groups (broad SMARTS) is 1. The van der Waals surface area contributed by atoms with E-state index >= 15 is 0 Å². The smallest absolute Gasteiger partial charge is 1.00 e. The molecule has 10 heavy (non-hydrogen) atoms. The molecule has 0 aliphatic heterocycles. The van der Waals surface area contributed by atoms with Gasteiger partial charge in [0.2, 0.25) is 0 Å². The van der Waals surface area contributed by atoms with E-state index in [1.165, 1.54) is 12.8 Å². The van der Waals surface area contributed by atoms with Crippen LogP contribution in [0.4, 0.5) is 0 Å². The first-order chi connectivity index (χ1) is 4.29. The van der Waals surface area contributed by atoms with Crippen molar-refractivity contribution >= 4 is 5.97 Å². The van der Waals surface area contributed by atoms with Crippen LogP contribution in [0.25, 0.3) is 0 Å². The summed E-state index contributed by atoms with van der Waals surface area (Å²) in [5, 5.41) is 8.37. The molecule has 0 aromatic rings. The van der Waals surface area contributed by atoms with Crippen LogP contribution in [0.3, 0.4) is 0 Å². The van der Waals surface area contributed by atoms with Crippen molar-refractivity contribution in [3.8, 4) is 0 Å². The van der Waals surface area contributed by atoms with Crippen LogP contribution in [0.1, 0.15) is 33.5 Å². The molecule has 0 heterocycles. The van der Waals surface area contributed by atoms with E-state index in [-0.39, 0.29) is 31.0 Å².